The molecule has 8 nitrogen and oxygen atoms in total. The quantitative estimate of drug-likeness (QED) is 0.654. The van der Waals surface area contributed by atoms with Gasteiger partial charge in [-0.3, -0.25) is 4.79 Å². The van der Waals surface area contributed by atoms with E-state index in [4.69, 9.17) is 5.73 Å². The van der Waals surface area contributed by atoms with Gasteiger partial charge in [-0.2, -0.15) is 10.1 Å². The standard InChI is InChI=1S/C17H18N6O2/c1-9-2-3-12-13(6-9)23(14-4-5-19-17(18)21-14)22-15(12)16(25)20-10-7-11(24)8-10/h2-6,10-11,24H,7-8H2,1H3,(H,20,25)(H2,18,19,21). The average Bonchev–Trinajstić information content (AvgIpc) is 2.92. The summed E-state index contributed by atoms with van der Waals surface area (Å²) in [6.07, 6.45) is 2.38. The van der Waals surface area contributed by atoms with Crippen LogP contribution >= 0.6 is 0 Å². The SMILES string of the molecule is Cc1ccc2c(C(=O)NC3CC(O)C3)nn(-c3ccnc(N)n3)c2c1. The van der Waals surface area contributed by atoms with E-state index in [9.17, 15) is 9.90 Å². The summed E-state index contributed by atoms with van der Waals surface area (Å²) in [7, 11) is 0. The van der Waals surface area contributed by atoms with E-state index in [1.165, 1.54) is 0 Å². The number of nitrogen functional groups attached to an aromatic ring is 1. The number of carbonyl (C=O) groups excluding carboxylic acids is 1. The van der Waals surface area contributed by atoms with Crippen LogP contribution in [0.5, 0.6) is 0 Å². The molecule has 8 heteroatoms. The van der Waals surface area contributed by atoms with Gasteiger partial charge in [0.25, 0.3) is 5.91 Å². The highest BCUT2D eigenvalue weighted by atomic mass is 16.3. The Morgan fingerprint density at radius 2 is 2.16 bits per heavy atom. The predicted octanol–water partition coefficient (Wildman–Crippen LogP) is 0.959. The van der Waals surface area contributed by atoms with E-state index in [1.54, 1.807) is 16.9 Å². The van der Waals surface area contributed by atoms with Gasteiger partial charge in [-0.25, -0.2) is 9.67 Å². The Labute approximate surface area is 143 Å². The normalized spacial score (nSPS) is 19.6. The predicted molar refractivity (Wildman–Crippen MR) is 92.3 cm³/mol. The van der Waals surface area contributed by atoms with Crippen LogP contribution in [0.2, 0.25) is 0 Å². The van der Waals surface area contributed by atoms with Gasteiger partial charge in [-0.1, -0.05) is 12.1 Å². The Balaban J connectivity index is 1.78. The first-order valence-corrected chi connectivity index (χ1v) is 8.08. The molecule has 0 unspecified atom stereocenters. The number of fused-ring (bicyclic) bond motifs is 1. The van der Waals surface area contributed by atoms with Crippen molar-refractivity contribution in [2.75, 3.05) is 5.73 Å². The molecule has 0 atom stereocenters. The van der Waals surface area contributed by atoms with Crippen molar-refractivity contribution in [3.05, 3.63) is 41.7 Å². The summed E-state index contributed by atoms with van der Waals surface area (Å²) >= 11 is 0. The van der Waals surface area contributed by atoms with Crippen molar-refractivity contribution in [1.82, 2.24) is 25.1 Å². The number of hydrogen-bond acceptors (Lipinski definition) is 6. The molecular formula is C17H18N6O2. The Bertz CT molecular complexity index is 961. The molecule has 0 aliphatic heterocycles. The van der Waals surface area contributed by atoms with Gasteiger partial charge in [0.2, 0.25) is 5.95 Å². The molecule has 4 N–H and O–H groups in total. The van der Waals surface area contributed by atoms with E-state index in [0.29, 0.717) is 24.4 Å². The third kappa shape index (κ3) is 2.80. The number of nitrogens with one attached hydrogen (secondary N) is 1. The number of rotatable bonds is 3. The van der Waals surface area contributed by atoms with E-state index in [1.807, 2.05) is 25.1 Å². The maximum absolute atomic E-state index is 12.6. The van der Waals surface area contributed by atoms with Crippen molar-refractivity contribution < 1.29 is 9.90 Å². The first-order chi connectivity index (χ1) is 12.0. The van der Waals surface area contributed by atoms with Gasteiger partial charge in [-0.15, -0.1) is 0 Å². The third-order valence-corrected chi connectivity index (χ3v) is 4.38. The summed E-state index contributed by atoms with van der Waals surface area (Å²) in [4.78, 5) is 20.7. The Morgan fingerprint density at radius 1 is 1.36 bits per heavy atom. The first-order valence-electron chi connectivity index (χ1n) is 8.08. The monoisotopic (exact) mass is 338 g/mol. The molecule has 1 aromatic carbocycles. The molecule has 128 valence electrons. The summed E-state index contributed by atoms with van der Waals surface area (Å²) in [5, 5.41) is 17.5. The van der Waals surface area contributed by atoms with E-state index in [2.05, 4.69) is 20.4 Å². The van der Waals surface area contributed by atoms with Crippen LogP contribution in [0.4, 0.5) is 5.95 Å². The number of carbonyl (C=O) groups is 1. The second kappa shape index (κ2) is 5.82. The molecule has 2 heterocycles. The van der Waals surface area contributed by atoms with Crippen LogP contribution in [0.3, 0.4) is 0 Å². The fourth-order valence-corrected chi connectivity index (χ4v) is 3.01. The number of anilines is 1. The van der Waals surface area contributed by atoms with Crippen LogP contribution in [0, 0.1) is 6.92 Å². The summed E-state index contributed by atoms with van der Waals surface area (Å²) in [5.41, 5.74) is 7.82. The minimum Gasteiger partial charge on any atom is -0.393 e. The summed E-state index contributed by atoms with van der Waals surface area (Å²) < 4.78 is 1.60. The van der Waals surface area contributed by atoms with Gasteiger partial charge in [0.05, 0.1) is 11.6 Å². The average molecular weight is 338 g/mol. The molecule has 1 fully saturated rings. The van der Waals surface area contributed by atoms with Gasteiger partial charge in [0.15, 0.2) is 11.5 Å². The number of aromatic nitrogens is 4. The van der Waals surface area contributed by atoms with Crippen LogP contribution in [-0.4, -0.2) is 42.9 Å². The van der Waals surface area contributed by atoms with E-state index in [0.717, 1.165) is 16.5 Å². The maximum atomic E-state index is 12.6. The molecule has 1 aliphatic carbocycles. The number of nitrogens with zero attached hydrogens (tertiary/aromatic N) is 4. The van der Waals surface area contributed by atoms with Crippen molar-refractivity contribution >= 4 is 22.8 Å². The van der Waals surface area contributed by atoms with Crippen molar-refractivity contribution in [3.63, 3.8) is 0 Å². The van der Waals surface area contributed by atoms with Crippen LogP contribution in [0.15, 0.2) is 30.5 Å². The van der Waals surface area contributed by atoms with Gasteiger partial charge in [-0.05, 0) is 31.4 Å². The lowest BCUT2D eigenvalue weighted by atomic mass is 9.89. The Morgan fingerprint density at radius 3 is 2.88 bits per heavy atom. The second-order valence-electron chi connectivity index (χ2n) is 6.35. The summed E-state index contributed by atoms with van der Waals surface area (Å²) in [6.45, 7) is 1.97. The lowest BCUT2D eigenvalue weighted by Gasteiger charge is -2.31. The smallest absolute Gasteiger partial charge is 0.272 e. The minimum absolute atomic E-state index is 0.0113. The van der Waals surface area contributed by atoms with Crippen LogP contribution in [-0.2, 0) is 0 Å². The van der Waals surface area contributed by atoms with Crippen molar-refractivity contribution in [1.29, 1.82) is 0 Å². The summed E-state index contributed by atoms with van der Waals surface area (Å²) in [6, 6.07) is 7.44. The molecule has 1 amide bonds. The van der Waals surface area contributed by atoms with Crippen LogP contribution < -0.4 is 11.1 Å². The topological polar surface area (TPSA) is 119 Å². The fourth-order valence-electron chi connectivity index (χ4n) is 3.01. The molecule has 2 aromatic heterocycles. The van der Waals surface area contributed by atoms with Gasteiger partial charge < -0.3 is 16.2 Å². The zero-order valence-corrected chi connectivity index (χ0v) is 13.7. The number of benzene rings is 1. The van der Waals surface area contributed by atoms with Gasteiger partial charge in [0, 0.05) is 23.7 Å². The van der Waals surface area contributed by atoms with Crippen molar-refractivity contribution in [2.45, 2.75) is 31.9 Å². The number of aryl methyl sites for hydroxylation is 1. The third-order valence-electron chi connectivity index (χ3n) is 4.38. The first kappa shape index (κ1) is 15.5. The van der Waals surface area contributed by atoms with E-state index >= 15 is 0 Å². The van der Waals surface area contributed by atoms with E-state index in [-0.39, 0.29) is 24.0 Å². The highest BCUT2D eigenvalue weighted by Gasteiger charge is 2.30. The number of hydrogen-bond donors (Lipinski definition) is 3. The molecule has 0 spiro atoms. The molecule has 3 aromatic rings. The Hall–Kier alpha value is -3.00. The maximum Gasteiger partial charge on any atom is 0.272 e. The number of aliphatic hydroxyl groups is 1. The number of aliphatic hydroxyl groups excluding tert-OH is 1. The number of amides is 1. The second-order valence-corrected chi connectivity index (χ2v) is 6.35. The fraction of sp³-hybridized carbons (Fsp3) is 0.294. The molecule has 4 rings (SSSR count). The zero-order chi connectivity index (χ0) is 17.6. The van der Waals surface area contributed by atoms with Crippen molar-refractivity contribution in [3.8, 4) is 5.82 Å². The highest BCUT2D eigenvalue weighted by molar-refractivity contribution is 6.05. The van der Waals surface area contributed by atoms with E-state index < -0.39 is 0 Å². The summed E-state index contributed by atoms with van der Waals surface area (Å²) in [5.74, 6) is 0.385. The largest absolute Gasteiger partial charge is 0.393 e. The molecule has 1 aliphatic rings. The molecule has 0 bridgehead atoms. The molecule has 25 heavy (non-hydrogen) atoms. The lowest BCUT2D eigenvalue weighted by Crippen LogP contribution is -2.46. The lowest BCUT2D eigenvalue weighted by molar-refractivity contribution is 0.0561. The number of nitrogens with two attached hydrogens (primary N) is 1. The van der Waals surface area contributed by atoms with Gasteiger partial charge >= 0.3 is 0 Å². The molecule has 1 saturated carbocycles. The Kier molecular flexibility index (Phi) is 3.61. The molecule has 0 radical (unpaired) electrons. The molecular weight excluding hydrogens is 320 g/mol. The zero-order valence-electron chi connectivity index (χ0n) is 13.7. The highest BCUT2D eigenvalue weighted by Crippen LogP contribution is 2.24. The van der Waals surface area contributed by atoms with Crippen LogP contribution in [0.1, 0.15) is 28.9 Å². The van der Waals surface area contributed by atoms with Gasteiger partial charge in [0.1, 0.15) is 0 Å². The van der Waals surface area contributed by atoms with Crippen molar-refractivity contribution in [2.24, 2.45) is 0 Å². The minimum atomic E-state index is -0.328. The molecule has 0 saturated heterocycles. The van der Waals surface area contributed by atoms with Crippen LogP contribution in [0.25, 0.3) is 16.7 Å².